The molecule has 2 N–H and O–H groups in total. The monoisotopic (exact) mass is 206 g/mol. The Morgan fingerprint density at radius 2 is 2.07 bits per heavy atom. The first-order valence-corrected chi connectivity index (χ1v) is 5.61. The van der Waals surface area contributed by atoms with Crippen LogP contribution in [0.15, 0.2) is 24.5 Å². The van der Waals surface area contributed by atoms with E-state index >= 15 is 0 Å². The second-order valence-corrected chi connectivity index (χ2v) is 4.36. The van der Waals surface area contributed by atoms with Crippen molar-refractivity contribution in [3.05, 3.63) is 30.1 Å². The molecule has 1 atom stereocenters. The van der Waals surface area contributed by atoms with Crippen LogP contribution < -0.4 is 5.32 Å². The molecule has 1 aliphatic heterocycles. The Balaban J connectivity index is 2.02. The molecule has 0 radical (unpaired) electrons. The first-order chi connectivity index (χ1) is 7.29. The first-order valence-electron chi connectivity index (χ1n) is 5.61. The van der Waals surface area contributed by atoms with Crippen LogP contribution in [-0.4, -0.2) is 28.8 Å². The van der Waals surface area contributed by atoms with Crippen LogP contribution in [0.2, 0.25) is 0 Å². The fourth-order valence-electron chi connectivity index (χ4n) is 2.17. The predicted octanol–water partition coefficient (Wildman–Crippen LogP) is 1.13. The topological polar surface area (TPSA) is 45.2 Å². The Labute approximate surface area is 90.5 Å². The number of nitrogens with one attached hydrogen (secondary N) is 1. The minimum atomic E-state index is -0.523. The maximum Gasteiger partial charge on any atom is 0.0700 e. The van der Waals surface area contributed by atoms with E-state index in [-0.39, 0.29) is 0 Å². The van der Waals surface area contributed by atoms with Crippen LogP contribution in [0.3, 0.4) is 0 Å². The molecule has 0 spiro atoms. The lowest BCUT2D eigenvalue weighted by Crippen LogP contribution is -2.32. The van der Waals surface area contributed by atoms with Crippen molar-refractivity contribution in [2.45, 2.75) is 31.3 Å². The molecular formula is C12H18N2O. The van der Waals surface area contributed by atoms with Crippen molar-refractivity contribution in [1.29, 1.82) is 0 Å². The van der Waals surface area contributed by atoms with Gasteiger partial charge in [0.25, 0.3) is 0 Å². The zero-order valence-corrected chi connectivity index (χ0v) is 8.95. The van der Waals surface area contributed by atoms with Crippen LogP contribution in [0.5, 0.6) is 0 Å². The fourth-order valence-corrected chi connectivity index (χ4v) is 2.17. The summed E-state index contributed by atoms with van der Waals surface area (Å²) in [5.74, 6) is 0. The van der Waals surface area contributed by atoms with Gasteiger partial charge in [-0.25, -0.2) is 0 Å². The largest absolute Gasteiger partial charge is 0.389 e. The summed E-state index contributed by atoms with van der Waals surface area (Å²) in [4.78, 5) is 3.99. The summed E-state index contributed by atoms with van der Waals surface area (Å²) >= 11 is 0. The number of aliphatic hydroxyl groups is 1. The van der Waals surface area contributed by atoms with Crippen LogP contribution in [0.4, 0.5) is 0 Å². The summed E-state index contributed by atoms with van der Waals surface area (Å²) in [6.07, 6.45) is 7.11. The summed E-state index contributed by atoms with van der Waals surface area (Å²) in [7, 11) is 0. The molecule has 1 saturated heterocycles. The van der Waals surface area contributed by atoms with Crippen molar-refractivity contribution in [3.8, 4) is 0 Å². The Hall–Kier alpha value is -0.930. The molecule has 3 nitrogen and oxygen atoms in total. The second kappa shape index (κ2) is 4.73. The van der Waals surface area contributed by atoms with Gasteiger partial charge in [0.1, 0.15) is 0 Å². The molecule has 2 heterocycles. The molecule has 1 aromatic rings. The average Bonchev–Trinajstić information content (AvgIpc) is 2.45. The third-order valence-electron chi connectivity index (χ3n) is 3.05. The van der Waals surface area contributed by atoms with Gasteiger partial charge >= 0.3 is 0 Å². The summed E-state index contributed by atoms with van der Waals surface area (Å²) in [6, 6.07) is 3.96. The third-order valence-corrected chi connectivity index (χ3v) is 3.05. The lowest BCUT2D eigenvalue weighted by atomic mass is 9.88. The van der Waals surface area contributed by atoms with Gasteiger partial charge in [0.05, 0.1) is 5.60 Å². The van der Waals surface area contributed by atoms with Gasteiger partial charge in [-0.15, -0.1) is 0 Å². The molecule has 2 rings (SSSR count). The van der Waals surface area contributed by atoms with E-state index in [1.807, 2.05) is 12.1 Å². The highest BCUT2D eigenvalue weighted by Crippen LogP contribution is 2.23. The molecule has 1 aromatic heterocycles. The Morgan fingerprint density at radius 3 is 2.87 bits per heavy atom. The molecule has 15 heavy (non-hydrogen) atoms. The lowest BCUT2D eigenvalue weighted by Gasteiger charge is -2.26. The number of pyridine rings is 1. The van der Waals surface area contributed by atoms with Gasteiger partial charge in [-0.05, 0) is 50.0 Å². The molecule has 0 saturated carbocycles. The van der Waals surface area contributed by atoms with Crippen molar-refractivity contribution in [2.24, 2.45) is 0 Å². The molecule has 0 amide bonds. The summed E-state index contributed by atoms with van der Waals surface area (Å²) < 4.78 is 0. The van der Waals surface area contributed by atoms with E-state index in [0.717, 1.165) is 38.8 Å². The Morgan fingerprint density at radius 1 is 1.27 bits per heavy atom. The van der Waals surface area contributed by atoms with Gasteiger partial charge in [0, 0.05) is 18.8 Å². The van der Waals surface area contributed by atoms with Gasteiger partial charge < -0.3 is 10.4 Å². The zero-order chi connectivity index (χ0) is 10.6. The fraction of sp³-hybridized carbons (Fsp3) is 0.583. The van der Waals surface area contributed by atoms with Gasteiger partial charge in [0.2, 0.25) is 0 Å². The minimum Gasteiger partial charge on any atom is -0.389 e. The average molecular weight is 206 g/mol. The summed E-state index contributed by atoms with van der Waals surface area (Å²) in [6.45, 7) is 1.94. The smallest absolute Gasteiger partial charge is 0.0700 e. The first kappa shape index (κ1) is 10.6. The predicted molar refractivity (Wildman–Crippen MR) is 59.6 cm³/mol. The SMILES string of the molecule is OC1(Cc2ccncc2)CCCNCC1. The quantitative estimate of drug-likeness (QED) is 0.762. The van der Waals surface area contributed by atoms with Crippen molar-refractivity contribution < 1.29 is 5.11 Å². The van der Waals surface area contributed by atoms with Gasteiger partial charge in [-0.3, -0.25) is 4.98 Å². The van der Waals surface area contributed by atoms with Crippen LogP contribution in [0.1, 0.15) is 24.8 Å². The van der Waals surface area contributed by atoms with E-state index in [9.17, 15) is 5.11 Å². The normalized spacial score (nSPS) is 27.3. The number of aromatic nitrogens is 1. The molecule has 0 aliphatic carbocycles. The maximum absolute atomic E-state index is 10.4. The van der Waals surface area contributed by atoms with Gasteiger partial charge in [-0.2, -0.15) is 0 Å². The van der Waals surface area contributed by atoms with Crippen LogP contribution in [0, 0.1) is 0 Å². The highest BCUT2D eigenvalue weighted by molar-refractivity contribution is 5.13. The van der Waals surface area contributed by atoms with Gasteiger partial charge in [-0.1, -0.05) is 0 Å². The van der Waals surface area contributed by atoms with E-state index < -0.39 is 5.60 Å². The number of hydrogen-bond donors (Lipinski definition) is 2. The maximum atomic E-state index is 10.4. The van der Waals surface area contributed by atoms with E-state index in [2.05, 4.69) is 10.3 Å². The molecule has 0 aromatic carbocycles. The van der Waals surface area contributed by atoms with E-state index in [0.29, 0.717) is 0 Å². The van der Waals surface area contributed by atoms with Crippen LogP contribution in [0.25, 0.3) is 0 Å². The highest BCUT2D eigenvalue weighted by atomic mass is 16.3. The zero-order valence-electron chi connectivity index (χ0n) is 8.95. The third kappa shape index (κ3) is 3.01. The molecule has 0 bridgehead atoms. The standard InChI is InChI=1S/C12H18N2O/c15-12(4-1-6-13-9-5-12)10-11-2-7-14-8-3-11/h2-3,7-8,13,15H,1,4-6,9-10H2. The molecule has 1 unspecified atom stereocenters. The summed E-state index contributed by atoms with van der Waals surface area (Å²) in [5, 5.41) is 13.8. The van der Waals surface area contributed by atoms with Crippen molar-refractivity contribution in [3.63, 3.8) is 0 Å². The number of hydrogen-bond acceptors (Lipinski definition) is 3. The van der Waals surface area contributed by atoms with Crippen LogP contribution in [-0.2, 0) is 6.42 Å². The Bertz CT molecular complexity index is 292. The molecule has 3 heteroatoms. The second-order valence-electron chi connectivity index (χ2n) is 4.36. The number of nitrogens with zero attached hydrogens (tertiary/aromatic N) is 1. The lowest BCUT2D eigenvalue weighted by molar-refractivity contribution is 0.0284. The minimum absolute atomic E-state index is 0.523. The molecule has 82 valence electrons. The molecule has 1 aliphatic rings. The number of rotatable bonds is 2. The Kier molecular flexibility index (Phi) is 3.34. The van der Waals surface area contributed by atoms with Crippen LogP contribution >= 0.6 is 0 Å². The van der Waals surface area contributed by atoms with Gasteiger partial charge in [0.15, 0.2) is 0 Å². The van der Waals surface area contributed by atoms with Crippen molar-refractivity contribution in [2.75, 3.05) is 13.1 Å². The highest BCUT2D eigenvalue weighted by Gasteiger charge is 2.27. The van der Waals surface area contributed by atoms with E-state index in [4.69, 9.17) is 0 Å². The van der Waals surface area contributed by atoms with Crippen molar-refractivity contribution >= 4 is 0 Å². The molecular weight excluding hydrogens is 188 g/mol. The molecule has 1 fully saturated rings. The van der Waals surface area contributed by atoms with E-state index in [1.54, 1.807) is 12.4 Å². The van der Waals surface area contributed by atoms with E-state index in [1.165, 1.54) is 5.56 Å². The summed E-state index contributed by atoms with van der Waals surface area (Å²) in [5.41, 5.74) is 0.652. The van der Waals surface area contributed by atoms with Crippen molar-refractivity contribution in [1.82, 2.24) is 10.3 Å².